The Bertz CT molecular complexity index is 1080. The highest BCUT2D eigenvalue weighted by molar-refractivity contribution is 6.15. The molecule has 1 unspecified atom stereocenters. The number of anilines is 1. The summed E-state index contributed by atoms with van der Waals surface area (Å²) in [5, 5.41) is 0. The fourth-order valence-electron chi connectivity index (χ4n) is 4.78. The van der Waals surface area contributed by atoms with Gasteiger partial charge in [0.1, 0.15) is 0 Å². The molecule has 0 bridgehead atoms. The highest BCUT2D eigenvalue weighted by atomic mass is 16.2. The molecule has 1 aliphatic carbocycles. The standard InChI is InChI=1S/C25H21NO/c1-25-16-20(17-10-5-3-6-11-17)22(18-12-7-4-8-13-18)19-14-9-15-21(23(19)25)26(2)24(25)27/h3-15H,16H2,1-2H3. The minimum atomic E-state index is -0.510. The van der Waals surface area contributed by atoms with Crippen LogP contribution < -0.4 is 4.90 Å². The maximum Gasteiger partial charge on any atom is 0.237 e. The Balaban J connectivity index is 1.88. The van der Waals surface area contributed by atoms with Crippen molar-refractivity contribution in [3.05, 3.63) is 101 Å². The molecule has 3 aromatic rings. The van der Waals surface area contributed by atoms with Gasteiger partial charge in [0.2, 0.25) is 5.91 Å². The molecule has 1 aliphatic heterocycles. The van der Waals surface area contributed by atoms with E-state index in [-0.39, 0.29) is 5.91 Å². The lowest BCUT2D eigenvalue weighted by molar-refractivity contribution is -0.122. The van der Waals surface area contributed by atoms with Gasteiger partial charge >= 0.3 is 0 Å². The summed E-state index contributed by atoms with van der Waals surface area (Å²) >= 11 is 0. The molecule has 0 saturated carbocycles. The monoisotopic (exact) mass is 351 g/mol. The second kappa shape index (κ2) is 5.68. The summed E-state index contributed by atoms with van der Waals surface area (Å²) in [6.07, 6.45) is 0.717. The van der Waals surface area contributed by atoms with Crippen LogP contribution in [0, 0.1) is 0 Å². The lowest BCUT2D eigenvalue weighted by Gasteiger charge is -2.34. The number of rotatable bonds is 2. The van der Waals surface area contributed by atoms with Crippen molar-refractivity contribution in [3.8, 4) is 0 Å². The Morgan fingerprint density at radius 2 is 1.44 bits per heavy atom. The van der Waals surface area contributed by atoms with E-state index >= 15 is 0 Å². The first kappa shape index (κ1) is 16.1. The second-order valence-corrected chi connectivity index (χ2v) is 7.66. The maximum atomic E-state index is 13.2. The second-order valence-electron chi connectivity index (χ2n) is 7.66. The Labute approximate surface area is 159 Å². The third kappa shape index (κ3) is 2.16. The van der Waals surface area contributed by atoms with E-state index in [4.69, 9.17) is 0 Å². The molecule has 1 amide bonds. The Morgan fingerprint density at radius 3 is 2.11 bits per heavy atom. The normalized spacial score (nSPS) is 20.8. The van der Waals surface area contributed by atoms with Crippen LogP contribution in [0.1, 0.15) is 35.6 Å². The number of benzene rings is 3. The molecule has 0 radical (unpaired) electrons. The molecule has 0 saturated heterocycles. The number of carbonyl (C=O) groups excluding carboxylic acids is 1. The smallest absolute Gasteiger partial charge is 0.237 e. The van der Waals surface area contributed by atoms with Gasteiger partial charge in [0.05, 0.1) is 5.41 Å². The van der Waals surface area contributed by atoms with E-state index in [0.29, 0.717) is 6.42 Å². The summed E-state index contributed by atoms with van der Waals surface area (Å²) in [5.74, 6) is 0.186. The largest absolute Gasteiger partial charge is 0.314 e. The van der Waals surface area contributed by atoms with Gasteiger partial charge < -0.3 is 4.90 Å². The maximum absolute atomic E-state index is 13.2. The third-order valence-electron chi connectivity index (χ3n) is 6.02. The van der Waals surface area contributed by atoms with E-state index < -0.39 is 5.41 Å². The zero-order chi connectivity index (χ0) is 18.6. The minimum absolute atomic E-state index is 0.186. The number of hydrogen-bond donors (Lipinski definition) is 0. The summed E-state index contributed by atoms with van der Waals surface area (Å²) < 4.78 is 0. The number of nitrogens with zero attached hydrogens (tertiary/aromatic N) is 1. The lowest BCUT2D eigenvalue weighted by Crippen LogP contribution is -2.38. The Kier molecular flexibility index (Phi) is 3.38. The van der Waals surface area contributed by atoms with E-state index in [9.17, 15) is 4.79 Å². The van der Waals surface area contributed by atoms with Crippen LogP contribution in [0.2, 0.25) is 0 Å². The summed E-state index contributed by atoms with van der Waals surface area (Å²) in [7, 11) is 1.89. The van der Waals surface area contributed by atoms with Gasteiger partial charge in [-0.3, -0.25) is 4.79 Å². The number of hydrogen-bond acceptors (Lipinski definition) is 1. The quantitative estimate of drug-likeness (QED) is 0.615. The summed E-state index contributed by atoms with van der Waals surface area (Å²) in [6.45, 7) is 2.10. The fourth-order valence-corrected chi connectivity index (χ4v) is 4.78. The Morgan fingerprint density at radius 1 is 0.815 bits per heavy atom. The van der Waals surface area contributed by atoms with Crippen molar-refractivity contribution >= 4 is 22.7 Å². The van der Waals surface area contributed by atoms with Crippen LogP contribution >= 0.6 is 0 Å². The lowest BCUT2D eigenvalue weighted by atomic mass is 9.67. The molecule has 132 valence electrons. The molecule has 2 aliphatic rings. The first-order valence-corrected chi connectivity index (χ1v) is 9.37. The number of likely N-dealkylation sites (N-methyl/N-ethyl adjacent to an activating group) is 1. The molecule has 2 heteroatoms. The predicted octanol–water partition coefficient (Wildman–Crippen LogP) is 5.28. The van der Waals surface area contributed by atoms with Crippen molar-refractivity contribution in [1.29, 1.82) is 0 Å². The molecule has 1 atom stereocenters. The molecule has 0 fully saturated rings. The first-order chi connectivity index (χ1) is 13.1. The van der Waals surface area contributed by atoms with Gasteiger partial charge in [-0.15, -0.1) is 0 Å². The number of allylic oxidation sites excluding steroid dienone is 1. The van der Waals surface area contributed by atoms with Crippen molar-refractivity contribution < 1.29 is 4.79 Å². The summed E-state index contributed by atoms with van der Waals surface area (Å²) in [4.78, 5) is 15.1. The number of amides is 1. The molecular weight excluding hydrogens is 330 g/mol. The third-order valence-corrected chi connectivity index (χ3v) is 6.02. The minimum Gasteiger partial charge on any atom is -0.314 e. The topological polar surface area (TPSA) is 20.3 Å². The van der Waals surface area contributed by atoms with Crippen LogP contribution in [0.4, 0.5) is 5.69 Å². The van der Waals surface area contributed by atoms with Gasteiger partial charge in [-0.05, 0) is 52.8 Å². The van der Waals surface area contributed by atoms with Crippen LogP contribution in [0.15, 0.2) is 78.9 Å². The van der Waals surface area contributed by atoms with Crippen LogP contribution in [0.5, 0.6) is 0 Å². The molecule has 2 nitrogen and oxygen atoms in total. The molecule has 0 N–H and O–H groups in total. The van der Waals surface area contributed by atoms with Crippen LogP contribution in [0.25, 0.3) is 11.1 Å². The molecule has 1 heterocycles. The van der Waals surface area contributed by atoms with Crippen molar-refractivity contribution in [2.45, 2.75) is 18.8 Å². The average molecular weight is 351 g/mol. The fraction of sp³-hybridized carbons (Fsp3) is 0.160. The molecular formula is C25H21NO. The molecule has 0 spiro atoms. The molecule has 3 aromatic carbocycles. The SMILES string of the molecule is CN1C(=O)C2(C)CC(c3ccccc3)=C(c3ccccc3)c3cccc1c32. The van der Waals surface area contributed by atoms with Gasteiger partial charge in [-0.2, -0.15) is 0 Å². The van der Waals surface area contributed by atoms with Crippen molar-refractivity contribution in [3.63, 3.8) is 0 Å². The van der Waals surface area contributed by atoms with Crippen LogP contribution in [0.3, 0.4) is 0 Å². The van der Waals surface area contributed by atoms with Crippen LogP contribution in [-0.4, -0.2) is 13.0 Å². The zero-order valence-electron chi connectivity index (χ0n) is 15.6. The van der Waals surface area contributed by atoms with E-state index in [1.807, 2.05) is 24.1 Å². The summed E-state index contributed by atoms with van der Waals surface area (Å²) in [6, 6.07) is 27.3. The number of carbonyl (C=O) groups is 1. The highest BCUT2D eigenvalue weighted by Gasteiger charge is 2.50. The predicted molar refractivity (Wildman–Crippen MR) is 111 cm³/mol. The molecule has 0 aromatic heterocycles. The highest BCUT2D eigenvalue weighted by Crippen LogP contribution is 2.55. The van der Waals surface area contributed by atoms with Gasteiger partial charge in [-0.25, -0.2) is 0 Å². The van der Waals surface area contributed by atoms with Gasteiger partial charge in [0, 0.05) is 12.7 Å². The Hall–Kier alpha value is -3.13. The van der Waals surface area contributed by atoms with Gasteiger partial charge in [0.15, 0.2) is 0 Å². The van der Waals surface area contributed by atoms with Crippen molar-refractivity contribution in [2.75, 3.05) is 11.9 Å². The van der Waals surface area contributed by atoms with E-state index in [0.717, 1.165) is 5.69 Å². The van der Waals surface area contributed by atoms with E-state index in [2.05, 4.69) is 73.7 Å². The van der Waals surface area contributed by atoms with E-state index in [1.54, 1.807) is 0 Å². The first-order valence-electron chi connectivity index (χ1n) is 9.37. The zero-order valence-corrected chi connectivity index (χ0v) is 15.6. The van der Waals surface area contributed by atoms with Gasteiger partial charge in [-0.1, -0.05) is 72.8 Å². The molecule has 27 heavy (non-hydrogen) atoms. The van der Waals surface area contributed by atoms with Gasteiger partial charge in [0.25, 0.3) is 0 Å². The summed E-state index contributed by atoms with van der Waals surface area (Å²) in [5.41, 5.74) is 7.78. The average Bonchev–Trinajstić information content (AvgIpc) is 2.91. The van der Waals surface area contributed by atoms with E-state index in [1.165, 1.54) is 33.4 Å². The van der Waals surface area contributed by atoms with Crippen LogP contribution in [-0.2, 0) is 10.2 Å². The van der Waals surface area contributed by atoms with Crippen molar-refractivity contribution in [2.24, 2.45) is 0 Å². The van der Waals surface area contributed by atoms with Crippen molar-refractivity contribution in [1.82, 2.24) is 0 Å². The molecule has 5 rings (SSSR count).